The van der Waals surface area contributed by atoms with E-state index < -0.39 is 0 Å². The molecule has 10 rings (SSSR count). The molecular formula is C44H27NOS. The Bertz CT molecular complexity index is 2780. The number of rotatable bonds is 4. The van der Waals surface area contributed by atoms with E-state index in [9.17, 15) is 0 Å². The number of para-hydroxylation sites is 3. The average molecular weight is 618 g/mol. The molecule has 0 atom stereocenters. The van der Waals surface area contributed by atoms with E-state index in [0.29, 0.717) is 0 Å². The van der Waals surface area contributed by atoms with Crippen LogP contribution in [-0.2, 0) is 0 Å². The van der Waals surface area contributed by atoms with Crippen molar-refractivity contribution < 1.29 is 4.42 Å². The van der Waals surface area contributed by atoms with Gasteiger partial charge in [-0.05, 0) is 64.2 Å². The quantitative estimate of drug-likeness (QED) is 0.192. The third-order valence-electron chi connectivity index (χ3n) is 9.41. The minimum absolute atomic E-state index is 0.903. The summed E-state index contributed by atoms with van der Waals surface area (Å²) in [6.07, 6.45) is 0. The van der Waals surface area contributed by atoms with E-state index in [1.54, 1.807) is 0 Å². The molecule has 0 aliphatic rings. The Hall–Kier alpha value is -5.90. The first-order valence-corrected chi connectivity index (χ1v) is 16.8. The Morgan fingerprint density at radius 3 is 1.91 bits per heavy atom. The van der Waals surface area contributed by atoms with E-state index in [-0.39, 0.29) is 0 Å². The van der Waals surface area contributed by atoms with Crippen molar-refractivity contribution in [3.63, 3.8) is 0 Å². The van der Waals surface area contributed by atoms with Crippen molar-refractivity contribution in [2.45, 2.75) is 0 Å². The fourth-order valence-corrected chi connectivity index (χ4v) is 8.63. The Morgan fingerprint density at radius 1 is 0.468 bits per heavy atom. The van der Waals surface area contributed by atoms with Crippen molar-refractivity contribution in [3.8, 4) is 39.1 Å². The van der Waals surface area contributed by atoms with Crippen molar-refractivity contribution in [1.29, 1.82) is 0 Å². The van der Waals surface area contributed by atoms with Crippen LogP contribution in [0.3, 0.4) is 0 Å². The van der Waals surface area contributed by atoms with Crippen LogP contribution in [0.4, 0.5) is 0 Å². The summed E-state index contributed by atoms with van der Waals surface area (Å²) in [5, 5.41) is 4.87. The highest BCUT2D eigenvalue weighted by molar-refractivity contribution is 7.26. The maximum Gasteiger partial charge on any atom is 0.143 e. The van der Waals surface area contributed by atoms with E-state index in [0.717, 1.165) is 33.1 Å². The zero-order valence-corrected chi connectivity index (χ0v) is 26.2. The van der Waals surface area contributed by atoms with Crippen LogP contribution in [0, 0.1) is 0 Å². The molecule has 0 bridgehead atoms. The van der Waals surface area contributed by atoms with E-state index in [4.69, 9.17) is 4.42 Å². The highest BCUT2D eigenvalue weighted by atomic mass is 32.1. The number of furan rings is 1. The highest BCUT2D eigenvalue weighted by Gasteiger charge is 2.21. The third-order valence-corrected chi connectivity index (χ3v) is 10.6. The average Bonchev–Trinajstić information content (AvgIpc) is 3.81. The molecule has 0 radical (unpaired) electrons. The van der Waals surface area contributed by atoms with Crippen molar-refractivity contribution in [2.24, 2.45) is 0 Å². The number of fused-ring (bicyclic) bond motifs is 8. The zero-order valence-electron chi connectivity index (χ0n) is 25.4. The van der Waals surface area contributed by atoms with E-state index in [1.165, 1.54) is 59.1 Å². The summed E-state index contributed by atoms with van der Waals surface area (Å²) < 4.78 is 11.7. The van der Waals surface area contributed by atoms with Crippen LogP contribution in [0.25, 0.3) is 92.2 Å². The van der Waals surface area contributed by atoms with Crippen molar-refractivity contribution in [3.05, 3.63) is 164 Å². The monoisotopic (exact) mass is 617 g/mol. The lowest BCUT2D eigenvalue weighted by molar-refractivity contribution is 0.670. The van der Waals surface area contributed by atoms with Gasteiger partial charge in [-0.15, -0.1) is 11.3 Å². The predicted molar refractivity (Wildman–Crippen MR) is 200 cm³/mol. The molecule has 47 heavy (non-hydrogen) atoms. The van der Waals surface area contributed by atoms with Crippen molar-refractivity contribution >= 4 is 64.5 Å². The molecule has 0 spiro atoms. The van der Waals surface area contributed by atoms with Crippen LogP contribution in [0.5, 0.6) is 0 Å². The van der Waals surface area contributed by atoms with Gasteiger partial charge in [-0.25, -0.2) is 0 Å². The molecule has 7 aromatic carbocycles. The Morgan fingerprint density at radius 2 is 1.09 bits per heavy atom. The summed E-state index contributed by atoms with van der Waals surface area (Å²) in [6.45, 7) is 0. The first-order chi connectivity index (χ1) is 23.3. The standard InChI is InChI=1S/C44H27NOS/c1-3-13-28(14-4-1)34-22-10-23-36-40-32(20-11-25-38(40)46-43(34)36)29-15-9-16-30(27-29)33-21-12-26-39-41(33)42-44(47-39)35-19-7-8-24-37(35)45(42)31-17-5-2-6-18-31/h1-27H. The van der Waals surface area contributed by atoms with Gasteiger partial charge in [0.15, 0.2) is 0 Å². The second-order valence-corrected chi connectivity index (χ2v) is 13.1. The molecule has 220 valence electrons. The lowest BCUT2D eigenvalue weighted by Gasteiger charge is -2.11. The van der Waals surface area contributed by atoms with Gasteiger partial charge in [0.1, 0.15) is 11.2 Å². The first-order valence-electron chi connectivity index (χ1n) is 15.9. The van der Waals surface area contributed by atoms with E-state index in [2.05, 4.69) is 168 Å². The summed E-state index contributed by atoms with van der Waals surface area (Å²) >= 11 is 1.89. The smallest absolute Gasteiger partial charge is 0.143 e. The lowest BCUT2D eigenvalue weighted by Crippen LogP contribution is -1.93. The maximum absolute atomic E-state index is 6.59. The Kier molecular flexibility index (Phi) is 5.78. The van der Waals surface area contributed by atoms with Crippen LogP contribution in [0.1, 0.15) is 0 Å². The van der Waals surface area contributed by atoms with Crippen molar-refractivity contribution in [1.82, 2.24) is 4.57 Å². The van der Waals surface area contributed by atoms with Crippen LogP contribution in [-0.4, -0.2) is 4.57 Å². The molecule has 0 fully saturated rings. The van der Waals surface area contributed by atoms with Gasteiger partial charge in [-0.2, -0.15) is 0 Å². The molecule has 3 heteroatoms. The predicted octanol–water partition coefficient (Wildman–Crippen LogP) is 12.9. The van der Waals surface area contributed by atoms with Gasteiger partial charge in [0.25, 0.3) is 0 Å². The van der Waals surface area contributed by atoms with Crippen LogP contribution >= 0.6 is 11.3 Å². The van der Waals surface area contributed by atoms with Gasteiger partial charge in [0.05, 0.1) is 15.7 Å². The molecule has 0 amide bonds. The largest absolute Gasteiger partial charge is 0.455 e. The summed E-state index contributed by atoms with van der Waals surface area (Å²) in [6, 6.07) is 58.7. The molecule has 10 aromatic rings. The third kappa shape index (κ3) is 3.97. The molecule has 3 aromatic heterocycles. The zero-order chi connectivity index (χ0) is 30.9. The maximum atomic E-state index is 6.59. The van der Waals surface area contributed by atoms with Crippen LogP contribution in [0.2, 0.25) is 0 Å². The van der Waals surface area contributed by atoms with Gasteiger partial charge < -0.3 is 8.98 Å². The molecule has 0 saturated carbocycles. The summed E-state index contributed by atoms with van der Waals surface area (Å²) in [4.78, 5) is 0. The molecule has 0 saturated heterocycles. The van der Waals surface area contributed by atoms with Crippen LogP contribution < -0.4 is 0 Å². The van der Waals surface area contributed by atoms with E-state index in [1.807, 2.05) is 11.3 Å². The van der Waals surface area contributed by atoms with Crippen LogP contribution in [0.15, 0.2) is 168 Å². The summed E-state index contributed by atoms with van der Waals surface area (Å²) in [7, 11) is 0. The SMILES string of the molecule is c1ccc(-c2cccc3c2oc2cccc(-c4cccc(-c5cccc6sc7c8ccccc8n(-c8ccccc8)c7c56)c4)c23)cc1. The van der Waals surface area contributed by atoms with Gasteiger partial charge >= 0.3 is 0 Å². The number of nitrogens with zero attached hydrogens (tertiary/aromatic N) is 1. The fraction of sp³-hybridized carbons (Fsp3) is 0. The number of hydrogen-bond donors (Lipinski definition) is 0. The number of benzene rings is 7. The molecule has 0 unspecified atom stereocenters. The number of hydrogen-bond acceptors (Lipinski definition) is 2. The van der Waals surface area contributed by atoms with Gasteiger partial charge in [0.2, 0.25) is 0 Å². The molecule has 0 aliphatic carbocycles. The van der Waals surface area contributed by atoms with Crippen molar-refractivity contribution in [2.75, 3.05) is 0 Å². The second-order valence-electron chi connectivity index (χ2n) is 12.1. The molecular weight excluding hydrogens is 591 g/mol. The van der Waals surface area contributed by atoms with Gasteiger partial charge in [0, 0.05) is 37.5 Å². The topological polar surface area (TPSA) is 18.1 Å². The van der Waals surface area contributed by atoms with E-state index >= 15 is 0 Å². The molecule has 0 aliphatic heterocycles. The summed E-state index contributed by atoms with van der Waals surface area (Å²) in [5.41, 5.74) is 12.6. The molecule has 0 N–H and O–H groups in total. The summed E-state index contributed by atoms with van der Waals surface area (Å²) in [5.74, 6) is 0. The minimum atomic E-state index is 0.903. The number of thiophene rings is 1. The van der Waals surface area contributed by atoms with Gasteiger partial charge in [-0.3, -0.25) is 0 Å². The lowest BCUT2D eigenvalue weighted by atomic mass is 9.94. The Balaban J connectivity index is 1.21. The number of aromatic nitrogens is 1. The Labute approximate surface area is 275 Å². The normalized spacial score (nSPS) is 11.8. The molecule has 2 nitrogen and oxygen atoms in total. The minimum Gasteiger partial charge on any atom is -0.455 e. The second kappa shape index (κ2) is 10.3. The molecule has 3 heterocycles. The highest BCUT2D eigenvalue weighted by Crippen LogP contribution is 2.47. The fourth-order valence-electron chi connectivity index (χ4n) is 7.38. The van der Waals surface area contributed by atoms with Gasteiger partial charge in [-0.1, -0.05) is 127 Å². The first kappa shape index (κ1) is 26.3.